The average molecular weight is 379 g/mol. The van der Waals surface area contributed by atoms with Crippen molar-refractivity contribution in [2.45, 2.75) is 70.8 Å². The second kappa shape index (κ2) is 9.03. The Kier molecular flexibility index (Phi) is 8.11. The molecule has 0 aromatic carbocycles. The maximum Gasteiger partial charge on any atom is 0.188 e. The van der Waals surface area contributed by atoms with Crippen LogP contribution in [0.4, 0.5) is 0 Å². The Bertz CT molecular complexity index is 275. The summed E-state index contributed by atoms with van der Waals surface area (Å²) in [7, 11) is 0. The number of rotatable bonds is 3. The highest BCUT2D eigenvalue weighted by molar-refractivity contribution is 14.0. The Morgan fingerprint density at radius 3 is 2.37 bits per heavy atom. The van der Waals surface area contributed by atoms with Crippen molar-refractivity contribution in [3.05, 3.63) is 0 Å². The Morgan fingerprint density at radius 1 is 1.05 bits per heavy atom. The molecule has 3 N–H and O–H groups in total. The molecule has 2 unspecified atom stereocenters. The molecule has 2 saturated carbocycles. The summed E-state index contributed by atoms with van der Waals surface area (Å²) >= 11 is 0. The first kappa shape index (κ1) is 17.1. The second-order valence-electron chi connectivity index (χ2n) is 6.23. The summed E-state index contributed by atoms with van der Waals surface area (Å²) in [4.78, 5) is 4.58. The van der Waals surface area contributed by atoms with Crippen molar-refractivity contribution < 1.29 is 0 Å². The topological polar surface area (TPSA) is 50.4 Å². The number of hydrogen-bond donors (Lipinski definition) is 2. The summed E-state index contributed by atoms with van der Waals surface area (Å²) in [6.07, 6.45) is 12.1. The van der Waals surface area contributed by atoms with E-state index in [1.54, 1.807) is 0 Å². The van der Waals surface area contributed by atoms with E-state index in [2.05, 4.69) is 17.2 Å². The predicted molar refractivity (Wildman–Crippen MR) is 93.0 cm³/mol. The van der Waals surface area contributed by atoms with Crippen molar-refractivity contribution in [1.82, 2.24) is 5.32 Å². The third-order valence-electron chi connectivity index (χ3n) is 4.74. The second-order valence-corrected chi connectivity index (χ2v) is 6.23. The lowest BCUT2D eigenvalue weighted by Crippen LogP contribution is -2.41. The molecule has 0 aromatic heterocycles. The number of hydrogen-bond acceptors (Lipinski definition) is 1. The maximum atomic E-state index is 6.01. The molecule has 0 spiro atoms. The standard InChI is InChI=1S/C15H29N3.HI/c1-12-7-5-6-8-13(12)11-17-15(16)18-14-9-3-2-4-10-14;/h12-14H,2-11H2,1H3,(H3,16,17,18);1H. The first-order chi connectivity index (χ1) is 8.75. The van der Waals surface area contributed by atoms with Crippen LogP contribution in [0, 0.1) is 11.8 Å². The van der Waals surface area contributed by atoms with E-state index in [4.69, 9.17) is 5.73 Å². The molecule has 2 atom stereocenters. The van der Waals surface area contributed by atoms with E-state index in [1.165, 1.54) is 57.8 Å². The van der Waals surface area contributed by atoms with Crippen molar-refractivity contribution in [3.8, 4) is 0 Å². The zero-order valence-electron chi connectivity index (χ0n) is 12.2. The Hall–Kier alpha value is 0. The fourth-order valence-electron chi connectivity index (χ4n) is 3.38. The Morgan fingerprint density at radius 2 is 1.68 bits per heavy atom. The maximum absolute atomic E-state index is 6.01. The zero-order valence-corrected chi connectivity index (χ0v) is 14.6. The molecule has 0 aliphatic heterocycles. The van der Waals surface area contributed by atoms with Crippen LogP contribution in [-0.4, -0.2) is 18.5 Å². The number of guanidine groups is 1. The molecule has 0 bridgehead atoms. The molecule has 2 aliphatic carbocycles. The molecule has 2 fully saturated rings. The molecule has 19 heavy (non-hydrogen) atoms. The number of aliphatic imine (C=N–C) groups is 1. The molecule has 0 aromatic rings. The van der Waals surface area contributed by atoms with Gasteiger partial charge < -0.3 is 11.1 Å². The number of halogens is 1. The van der Waals surface area contributed by atoms with Gasteiger partial charge in [-0.1, -0.05) is 45.4 Å². The van der Waals surface area contributed by atoms with Gasteiger partial charge in [-0.05, 0) is 31.1 Å². The van der Waals surface area contributed by atoms with E-state index in [0.717, 1.165) is 18.4 Å². The molecule has 0 radical (unpaired) electrons. The number of nitrogens with two attached hydrogens (primary N) is 1. The molecular formula is C15H30IN3. The first-order valence-electron chi connectivity index (χ1n) is 7.82. The van der Waals surface area contributed by atoms with Gasteiger partial charge in [-0.15, -0.1) is 24.0 Å². The summed E-state index contributed by atoms with van der Waals surface area (Å²) in [5.74, 6) is 2.26. The minimum atomic E-state index is 0. The molecule has 0 saturated heterocycles. The normalized spacial score (nSPS) is 29.6. The number of nitrogens with zero attached hydrogens (tertiary/aromatic N) is 1. The Labute approximate surface area is 135 Å². The summed E-state index contributed by atoms with van der Waals surface area (Å²) in [6.45, 7) is 3.29. The highest BCUT2D eigenvalue weighted by atomic mass is 127. The van der Waals surface area contributed by atoms with E-state index in [1.807, 2.05) is 0 Å². The number of nitrogens with one attached hydrogen (secondary N) is 1. The van der Waals surface area contributed by atoms with E-state index >= 15 is 0 Å². The van der Waals surface area contributed by atoms with Crippen LogP contribution in [0.15, 0.2) is 4.99 Å². The van der Waals surface area contributed by atoms with Gasteiger partial charge in [0.1, 0.15) is 0 Å². The molecule has 4 heteroatoms. The fraction of sp³-hybridized carbons (Fsp3) is 0.933. The third-order valence-corrected chi connectivity index (χ3v) is 4.74. The van der Waals surface area contributed by atoms with Crippen LogP contribution in [0.2, 0.25) is 0 Å². The summed E-state index contributed by atoms with van der Waals surface area (Å²) in [6, 6.07) is 0.575. The highest BCUT2D eigenvalue weighted by Crippen LogP contribution is 2.29. The van der Waals surface area contributed by atoms with Gasteiger partial charge in [-0.3, -0.25) is 4.99 Å². The van der Waals surface area contributed by atoms with Crippen LogP contribution in [0.3, 0.4) is 0 Å². The van der Waals surface area contributed by atoms with Gasteiger partial charge in [0.25, 0.3) is 0 Å². The van der Waals surface area contributed by atoms with Gasteiger partial charge in [0.05, 0.1) is 0 Å². The Balaban J connectivity index is 0.00000180. The lowest BCUT2D eigenvalue weighted by molar-refractivity contribution is 0.263. The smallest absolute Gasteiger partial charge is 0.188 e. The van der Waals surface area contributed by atoms with E-state index < -0.39 is 0 Å². The van der Waals surface area contributed by atoms with E-state index in [9.17, 15) is 0 Å². The minimum absolute atomic E-state index is 0. The van der Waals surface area contributed by atoms with Gasteiger partial charge in [-0.2, -0.15) is 0 Å². The molecular weight excluding hydrogens is 349 g/mol. The molecule has 2 rings (SSSR count). The van der Waals surface area contributed by atoms with Crippen LogP contribution >= 0.6 is 24.0 Å². The van der Waals surface area contributed by atoms with Crippen molar-refractivity contribution in [2.24, 2.45) is 22.6 Å². The van der Waals surface area contributed by atoms with Gasteiger partial charge >= 0.3 is 0 Å². The fourth-order valence-corrected chi connectivity index (χ4v) is 3.38. The molecule has 3 nitrogen and oxygen atoms in total. The quantitative estimate of drug-likeness (QED) is 0.447. The van der Waals surface area contributed by atoms with Crippen LogP contribution in [0.5, 0.6) is 0 Å². The van der Waals surface area contributed by atoms with Crippen LogP contribution in [0.1, 0.15) is 64.7 Å². The summed E-state index contributed by atoms with van der Waals surface area (Å²) in [5, 5.41) is 3.40. The first-order valence-corrected chi connectivity index (χ1v) is 7.82. The van der Waals surface area contributed by atoms with Gasteiger partial charge in [-0.25, -0.2) is 0 Å². The van der Waals surface area contributed by atoms with Crippen LogP contribution < -0.4 is 11.1 Å². The van der Waals surface area contributed by atoms with Crippen LogP contribution in [0.25, 0.3) is 0 Å². The minimum Gasteiger partial charge on any atom is -0.370 e. The van der Waals surface area contributed by atoms with Gasteiger partial charge in [0.2, 0.25) is 0 Å². The van der Waals surface area contributed by atoms with E-state index in [0.29, 0.717) is 12.0 Å². The summed E-state index contributed by atoms with van der Waals surface area (Å²) in [5.41, 5.74) is 6.01. The monoisotopic (exact) mass is 379 g/mol. The zero-order chi connectivity index (χ0) is 12.8. The molecule has 0 amide bonds. The van der Waals surface area contributed by atoms with E-state index in [-0.39, 0.29) is 24.0 Å². The van der Waals surface area contributed by atoms with Crippen molar-refractivity contribution in [2.75, 3.05) is 6.54 Å². The SMILES string of the molecule is CC1CCCCC1CN=C(N)NC1CCCCC1.I. The average Bonchev–Trinajstić information content (AvgIpc) is 2.39. The van der Waals surface area contributed by atoms with Crippen molar-refractivity contribution >= 4 is 29.9 Å². The summed E-state index contributed by atoms with van der Waals surface area (Å²) < 4.78 is 0. The highest BCUT2D eigenvalue weighted by Gasteiger charge is 2.21. The van der Waals surface area contributed by atoms with Crippen LogP contribution in [-0.2, 0) is 0 Å². The third kappa shape index (κ3) is 5.88. The molecule has 0 heterocycles. The van der Waals surface area contributed by atoms with Gasteiger partial charge in [0.15, 0.2) is 5.96 Å². The van der Waals surface area contributed by atoms with Gasteiger partial charge in [0, 0.05) is 12.6 Å². The van der Waals surface area contributed by atoms with Crippen molar-refractivity contribution in [3.63, 3.8) is 0 Å². The lowest BCUT2D eigenvalue weighted by atomic mass is 9.80. The molecule has 2 aliphatic rings. The largest absolute Gasteiger partial charge is 0.370 e. The predicted octanol–water partition coefficient (Wildman–Crippen LogP) is 3.67. The lowest BCUT2D eigenvalue weighted by Gasteiger charge is -2.28. The van der Waals surface area contributed by atoms with Crippen molar-refractivity contribution in [1.29, 1.82) is 0 Å². The molecule has 112 valence electrons.